The second kappa shape index (κ2) is 6.54. The van der Waals surface area contributed by atoms with Crippen molar-refractivity contribution in [2.45, 2.75) is 26.7 Å². The van der Waals surface area contributed by atoms with E-state index in [0.717, 1.165) is 12.0 Å². The van der Waals surface area contributed by atoms with Gasteiger partial charge in [-0.05, 0) is 49.2 Å². The summed E-state index contributed by atoms with van der Waals surface area (Å²) >= 11 is 12.2. The lowest BCUT2D eigenvalue weighted by Gasteiger charge is -2.15. The summed E-state index contributed by atoms with van der Waals surface area (Å²) in [6.07, 6.45) is 1.41. The Morgan fingerprint density at radius 3 is 2.62 bits per heavy atom. The number of hydrogen-bond acceptors (Lipinski definition) is 2. The van der Waals surface area contributed by atoms with Gasteiger partial charge in [0.1, 0.15) is 11.6 Å². The Hall–Kier alpha value is -1.91. The summed E-state index contributed by atoms with van der Waals surface area (Å²) in [4.78, 5) is 17.6. The van der Waals surface area contributed by atoms with Crippen LogP contribution in [0.3, 0.4) is 0 Å². The van der Waals surface area contributed by atoms with Crippen LogP contribution in [-0.2, 0) is 6.42 Å². The third-order valence-corrected chi connectivity index (χ3v) is 4.34. The molecule has 0 amide bonds. The topological polar surface area (TPSA) is 34.9 Å². The molecule has 0 N–H and O–H groups in total. The average molecular weight is 365 g/mol. The van der Waals surface area contributed by atoms with Crippen molar-refractivity contribution in [3.8, 4) is 5.69 Å². The van der Waals surface area contributed by atoms with Crippen molar-refractivity contribution in [2.75, 3.05) is 0 Å². The molecule has 0 saturated carbocycles. The first-order chi connectivity index (χ1) is 11.4. The molecule has 1 heterocycles. The Labute approximate surface area is 148 Å². The molecule has 24 heavy (non-hydrogen) atoms. The van der Waals surface area contributed by atoms with Crippen molar-refractivity contribution in [1.29, 1.82) is 0 Å². The molecule has 6 heteroatoms. The molecule has 0 saturated heterocycles. The molecule has 124 valence electrons. The van der Waals surface area contributed by atoms with Gasteiger partial charge in [-0.3, -0.25) is 9.36 Å². The monoisotopic (exact) mass is 364 g/mol. The minimum atomic E-state index is -0.639. The fourth-order valence-electron chi connectivity index (χ4n) is 2.76. The van der Waals surface area contributed by atoms with Gasteiger partial charge in [0.15, 0.2) is 0 Å². The van der Waals surface area contributed by atoms with Gasteiger partial charge in [-0.2, -0.15) is 0 Å². The van der Waals surface area contributed by atoms with Crippen LogP contribution in [-0.4, -0.2) is 9.55 Å². The third kappa shape index (κ3) is 2.92. The van der Waals surface area contributed by atoms with Crippen LogP contribution in [0.2, 0.25) is 10.0 Å². The van der Waals surface area contributed by atoms with Gasteiger partial charge in [0, 0.05) is 11.4 Å². The van der Waals surface area contributed by atoms with Crippen LogP contribution < -0.4 is 5.56 Å². The second-order valence-corrected chi connectivity index (χ2v) is 6.48. The van der Waals surface area contributed by atoms with Crippen LogP contribution in [0.25, 0.3) is 16.6 Å². The number of hydrogen-bond donors (Lipinski definition) is 0. The number of nitrogens with zero attached hydrogens (tertiary/aromatic N) is 2. The van der Waals surface area contributed by atoms with Gasteiger partial charge in [-0.25, -0.2) is 9.37 Å². The highest BCUT2D eigenvalue weighted by atomic mass is 35.5. The van der Waals surface area contributed by atoms with E-state index in [2.05, 4.69) is 4.98 Å². The Morgan fingerprint density at radius 1 is 1.21 bits per heavy atom. The summed E-state index contributed by atoms with van der Waals surface area (Å²) in [6.45, 7) is 3.89. The molecule has 3 nitrogen and oxygen atoms in total. The van der Waals surface area contributed by atoms with Gasteiger partial charge in [-0.1, -0.05) is 30.1 Å². The van der Waals surface area contributed by atoms with Crippen molar-refractivity contribution >= 4 is 34.1 Å². The quantitative estimate of drug-likeness (QED) is 0.648. The molecular formula is C18H15Cl2FN2O. The number of aromatic nitrogens is 2. The summed E-state index contributed by atoms with van der Waals surface area (Å²) in [6, 6.07) is 8.03. The Kier molecular flexibility index (Phi) is 4.61. The van der Waals surface area contributed by atoms with Crippen LogP contribution in [0.15, 0.2) is 35.1 Å². The lowest BCUT2D eigenvalue weighted by molar-refractivity contribution is 0.629. The predicted octanol–water partition coefficient (Wildman–Crippen LogP) is 5.09. The number of halogens is 3. The molecule has 3 aromatic rings. The van der Waals surface area contributed by atoms with E-state index in [0.29, 0.717) is 28.5 Å². The molecule has 0 aliphatic carbocycles. The van der Waals surface area contributed by atoms with Crippen molar-refractivity contribution in [3.05, 3.63) is 67.9 Å². The van der Waals surface area contributed by atoms with E-state index >= 15 is 0 Å². The van der Waals surface area contributed by atoms with Gasteiger partial charge < -0.3 is 0 Å². The van der Waals surface area contributed by atoms with Crippen molar-refractivity contribution in [1.82, 2.24) is 9.55 Å². The third-order valence-electron chi connectivity index (χ3n) is 3.76. The lowest BCUT2D eigenvalue weighted by atomic mass is 10.1. The van der Waals surface area contributed by atoms with Gasteiger partial charge in [-0.15, -0.1) is 0 Å². The molecule has 0 radical (unpaired) electrons. The van der Waals surface area contributed by atoms with Crippen LogP contribution in [0.5, 0.6) is 0 Å². The Balaban J connectivity index is 2.44. The van der Waals surface area contributed by atoms with Crippen molar-refractivity contribution in [2.24, 2.45) is 0 Å². The largest absolute Gasteiger partial charge is 0.268 e. The summed E-state index contributed by atoms with van der Waals surface area (Å²) in [5.74, 6) is -0.0422. The molecule has 0 aliphatic heterocycles. The molecule has 0 aliphatic rings. The smallest absolute Gasteiger partial charge is 0.267 e. The fraction of sp³-hybridized carbons (Fsp3) is 0.222. The van der Waals surface area contributed by atoms with Gasteiger partial charge in [0.05, 0.1) is 21.6 Å². The van der Waals surface area contributed by atoms with E-state index in [1.165, 1.54) is 16.7 Å². The first-order valence-electron chi connectivity index (χ1n) is 7.59. The highest BCUT2D eigenvalue weighted by molar-refractivity contribution is 6.35. The normalized spacial score (nSPS) is 11.2. The van der Waals surface area contributed by atoms with Gasteiger partial charge in [0.2, 0.25) is 0 Å². The van der Waals surface area contributed by atoms with Crippen LogP contribution in [0.1, 0.15) is 24.7 Å². The average Bonchev–Trinajstić information content (AvgIpc) is 2.50. The van der Waals surface area contributed by atoms with E-state index in [1.807, 2.05) is 19.9 Å². The standard InChI is InChI=1S/C18H15Cl2FN2O/c1-3-4-15-22-14-6-5-13(21)17(20)16(14)18(24)23(15)12-8-10(2)7-11(19)9-12/h5-9H,3-4H2,1-2H3. The van der Waals surface area contributed by atoms with Gasteiger partial charge >= 0.3 is 0 Å². The number of fused-ring (bicyclic) bond motifs is 1. The summed E-state index contributed by atoms with van der Waals surface area (Å²) < 4.78 is 15.3. The first kappa shape index (κ1) is 16.9. The zero-order valence-electron chi connectivity index (χ0n) is 13.2. The minimum absolute atomic E-state index is 0.0779. The Bertz CT molecular complexity index is 978. The molecule has 0 unspecified atom stereocenters. The van der Waals surface area contributed by atoms with Crippen LogP contribution >= 0.6 is 23.2 Å². The van der Waals surface area contributed by atoms with E-state index in [1.54, 1.807) is 12.1 Å². The maximum atomic E-state index is 13.8. The van der Waals surface area contributed by atoms with Crippen LogP contribution in [0.4, 0.5) is 4.39 Å². The molecule has 0 bridgehead atoms. The first-order valence-corrected chi connectivity index (χ1v) is 8.35. The second-order valence-electron chi connectivity index (χ2n) is 5.66. The van der Waals surface area contributed by atoms with Crippen molar-refractivity contribution in [3.63, 3.8) is 0 Å². The molecule has 0 atom stereocenters. The zero-order valence-corrected chi connectivity index (χ0v) is 14.7. The molecule has 3 rings (SSSR count). The van der Waals surface area contributed by atoms with E-state index in [-0.39, 0.29) is 10.4 Å². The number of rotatable bonds is 3. The minimum Gasteiger partial charge on any atom is -0.268 e. The molecule has 2 aromatic carbocycles. The molecule has 1 aromatic heterocycles. The summed E-state index contributed by atoms with van der Waals surface area (Å²) in [7, 11) is 0. The maximum absolute atomic E-state index is 13.8. The number of aryl methyl sites for hydroxylation is 2. The molecule has 0 fully saturated rings. The lowest BCUT2D eigenvalue weighted by Crippen LogP contribution is -2.24. The van der Waals surface area contributed by atoms with Crippen molar-refractivity contribution < 1.29 is 4.39 Å². The number of benzene rings is 2. The fourth-order valence-corrected chi connectivity index (χ4v) is 3.28. The molecular weight excluding hydrogens is 350 g/mol. The highest BCUT2D eigenvalue weighted by Gasteiger charge is 2.17. The van der Waals surface area contributed by atoms with E-state index in [4.69, 9.17) is 23.2 Å². The Morgan fingerprint density at radius 2 is 1.96 bits per heavy atom. The summed E-state index contributed by atoms with van der Waals surface area (Å²) in [5, 5.41) is 0.388. The molecule has 0 spiro atoms. The highest BCUT2D eigenvalue weighted by Crippen LogP contribution is 2.25. The van der Waals surface area contributed by atoms with Gasteiger partial charge in [0.25, 0.3) is 5.56 Å². The maximum Gasteiger partial charge on any atom is 0.267 e. The zero-order chi connectivity index (χ0) is 17.4. The van der Waals surface area contributed by atoms with E-state index < -0.39 is 11.4 Å². The summed E-state index contributed by atoms with van der Waals surface area (Å²) in [5.41, 5.74) is 1.51. The SMILES string of the molecule is CCCc1nc2ccc(F)c(Cl)c2c(=O)n1-c1cc(C)cc(Cl)c1. The van der Waals surface area contributed by atoms with E-state index in [9.17, 15) is 9.18 Å². The predicted molar refractivity (Wildman–Crippen MR) is 96.1 cm³/mol. The van der Waals surface area contributed by atoms with Crippen LogP contribution in [0, 0.1) is 12.7 Å².